The van der Waals surface area contributed by atoms with Gasteiger partial charge in [0.25, 0.3) is 0 Å². The van der Waals surface area contributed by atoms with Crippen molar-refractivity contribution in [2.24, 2.45) is 0 Å². The molecule has 0 amide bonds. The van der Waals surface area contributed by atoms with Crippen LogP contribution >= 0.6 is 27.3 Å². The maximum atomic E-state index is 5.43. The van der Waals surface area contributed by atoms with Gasteiger partial charge >= 0.3 is 0 Å². The number of anilines is 1. The zero-order valence-corrected chi connectivity index (χ0v) is 14.1. The molecule has 0 saturated carbocycles. The van der Waals surface area contributed by atoms with Crippen LogP contribution < -0.4 is 9.64 Å². The first-order valence-corrected chi connectivity index (χ1v) is 8.08. The molecule has 0 atom stereocenters. The first kappa shape index (κ1) is 14.3. The molecule has 0 unspecified atom stereocenters. The highest BCUT2D eigenvalue weighted by Crippen LogP contribution is 2.30. The lowest BCUT2D eigenvalue weighted by Crippen LogP contribution is -2.18. The fourth-order valence-electron chi connectivity index (χ4n) is 2.25. The lowest BCUT2D eigenvalue weighted by Gasteiger charge is -2.20. The number of rotatable bonds is 4. The fourth-order valence-corrected chi connectivity index (χ4v) is 3.55. The van der Waals surface area contributed by atoms with Crippen LogP contribution in [0, 0.1) is 0 Å². The van der Waals surface area contributed by atoms with Gasteiger partial charge in [-0.3, -0.25) is 0 Å². The molecule has 0 spiro atoms. The van der Waals surface area contributed by atoms with Gasteiger partial charge in [-0.15, -0.1) is 11.3 Å². The van der Waals surface area contributed by atoms with E-state index in [0.29, 0.717) is 6.54 Å². The van der Waals surface area contributed by atoms with Gasteiger partial charge in [0.05, 0.1) is 17.3 Å². The summed E-state index contributed by atoms with van der Waals surface area (Å²) in [4.78, 5) is 10.8. The molecule has 0 aliphatic rings. The van der Waals surface area contributed by atoms with E-state index < -0.39 is 0 Å². The number of halogens is 1. The van der Waals surface area contributed by atoms with E-state index in [0.717, 1.165) is 31.8 Å². The van der Waals surface area contributed by atoms with Gasteiger partial charge in [0, 0.05) is 23.6 Å². The summed E-state index contributed by atoms with van der Waals surface area (Å²) in [5.41, 5.74) is 2.09. The number of ether oxygens (including phenoxy) is 1. The summed E-state index contributed by atoms with van der Waals surface area (Å²) in [6.07, 6.45) is 1.61. The predicted molar refractivity (Wildman–Crippen MR) is 90.2 cm³/mol. The van der Waals surface area contributed by atoms with Gasteiger partial charge in [-0.2, -0.15) is 0 Å². The Kier molecular flexibility index (Phi) is 4.07. The van der Waals surface area contributed by atoms with Crippen molar-refractivity contribution in [3.8, 4) is 5.75 Å². The molecular weight excluding hydrogens is 350 g/mol. The number of thiophene rings is 1. The third kappa shape index (κ3) is 2.87. The van der Waals surface area contributed by atoms with Crippen molar-refractivity contribution in [3.05, 3.63) is 46.0 Å². The van der Waals surface area contributed by atoms with Crippen LogP contribution in [-0.2, 0) is 6.54 Å². The summed E-state index contributed by atoms with van der Waals surface area (Å²) in [5.74, 6) is 1.82. The number of nitrogens with zero attached hydrogens (tertiary/aromatic N) is 3. The summed E-state index contributed by atoms with van der Waals surface area (Å²) in [5, 5.41) is 2.04. The number of benzene rings is 1. The fraction of sp³-hybridized carbons (Fsp3) is 0.200. The van der Waals surface area contributed by atoms with Crippen LogP contribution in [0.5, 0.6) is 5.75 Å². The Balaban J connectivity index is 1.95. The second kappa shape index (κ2) is 5.99. The molecule has 0 aliphatic carbocycles. The van der Waals surface area contributed by atoms with Crippen molar-refractivity contribution in [2.45, 2.75) is 6.54 Å². The number of hydrogen-bond donors (Lipinski definition) is 0. The highest BCUT2D eigenvalue weighted by molar-refractivity contribution is 9.10. The highest BCUT2D eigenvalue weighted by Gasteiger charge is 2.12. The molecule has 0 bridgehead atoms. The Hall–Kier alpha value is -1.66. The van der Waals surface area contributed by atoms with E-state index in [1.54, 1.807) is 24.8 Å². The van der Waals surface area contributed by atoms with Gasteiger partial charge in [0.1, 0.15) is 17.9 Å². The molecule has 2 aromatic heterocycles. The Bertz CT molecular complexity index is 774. The molecule has 3 rings (SSSR count). The molecule has 21 heavy (non-hydrogen) atoms. The Labute approximate surface area is 135 Å². The van der Waals surface area contributed by atoms with E-state index >= 15 is 0 Å². The molecule has 0 radical (unpaired) electrons. The molecule has 3 aromatic rings. The lowest BCUT2D eigenvalue weighted by atomic mass is 10.2. The van der Waals surface area contributed by atoms with Crippen molar-refractivity contribution in [1.82, 2.24) is 9.97 Å². The maximum absolute atomic E-state index is 5.43. The van der Waals surface area contributed by atoms with E-state index in [2.05, 4.69) is 36.9 Å². The number of fused-ring (bicyclic) bond motifs is 1. The van der Waals surface area contributed by atoms with Crippen LogP contribution in [0.4, 0.5) is 5.82 Å². The molecule has 0 aliphatic heterocycles. The summed E-state index contributed by atoms with van der Waals surface area (Å²) < 4.78 is 7.58. The number of aromatic nitrogens is 2. The van der Waals surface area contributed by atoms with Crippen LogP contribution in [-0.4, -0.2) is 24.1 Å². The summed E-state index contributed by atoms with van der Waals surface area (Å²) in [6, 6.07) is 8.03. The van der Waals surface area contributed by atoms with Crippen LogP contribution in [0.25, 0.3) is 10.2 Å². The average molecular weight is 364 g/mol. The largest absolute Gasteiger partial charge is 0.496 e. The van der Waals surface area contributed by atoms with E-state index in [4.69, 9.17) is 4.74 Å². The van der Waals surface area contributed by atoms with Crippen molar-refractivity contribution < 1.29 is 4.74 Å². The molecule has 0 fully saturated rings. The molecule has 6 heteroatoms. The first-order chi connectivity index (χ1) is 10.2. The predicted octanol–water partition coefficient (Wildman–Crippen LogP) is 4.10. The van der Waals surface area contributed by atoms with Crippen molar-refractivity contribution in [1.29, 1.82) is 0 Å². The average Bonchev–Trinajstić information content (AvgIpc) is 2.95. The highest BCUT2D eigenvalue weighted by atomic mass is 79.9. The van der Waals surface area contributed by atoms with Gasteiger partial charge in [-0.05, 0) is 29.6 Å². The van der Waals surface area contributed by atoms with E-state index in [-0.39, 0.29) is 0 Å². The Morgan fingerprint density at radius 3 is 2.95 bits per heavy atom. The number of hydrogen-bond acceptors (Lipinski definition) is 5. The third-order valence-electron chi connectivity index (χ3n) is 3.24. The molecule has 4 nitrogen and oxygen atoms in total. The third-order valence-corrected chi connectivity index (χ3v) is 4.63. The van der Waals surface area contributed by atoms with Gasteiger partial charge in [0.2, 0.25) is 0 Å². The van der Waals surface area contributed by atoms with Gasteiger partial charge in [-0.25, -0.2) is 9.97 Å². The second-order valence-corrected chi connectivity index (χ2v) is 6.48. The van der Waals surface area contributed by atoms with Crippen LogP contribution in [0.3, 0.4) is 0 Å². The Morgan fingerprint density at radius 2 is 2.14 bits per heavy atom. The van der Waals surface area contributed by atoms with Crippen LogP contribution in [0.2, 0.25) is 0 Å². The molecule has 0 saturated heterocycles. The van der Waals surface area contributed by atoms with Crippen molar-refractivity contribution >= 4 is 43.3 Å². The van der Waals surface area contributed by atoms with Crippen molar-refractivity contribution in [3.63, 3.8) is 0 Å². The van der Waals surface area contributed by atoms with Crippen molar-refractivity contribution in [2.75, 3.05) is 19.1 Å². The first-order valence-electron chi connectivity index (χ1n) is 6.41. The SMILES string of the molecule is COc1ccc(Br)cc1CN(C)c1ncnc2ccsc12. The van der Waals surface area contributed by atoms with E-state index in [1.165, 1.54) is 0 Å². The summed E-state index contributed by atoms with van der Waals surface area (Å²) in [7, 11) is 3.72. The van der Waals surface area contributed by atoms with Gasteiger partial charge in [0.15, 0.2) is 0 Å². The van der Waals surface area contributed by atoms with Crippen LogP contribution in [0.1, 0.15) is 5.56 Å². The zero-order chi connectivity index (χ0) is 14.8. The molecule has 108 valence electrons. The van der Waals surface area contributed by atoms with E-state index in [1.807, 2.05) is 30.6 Å². The van der Waals surface area contributed by atoms with Gasteiger partial charge in [-0.1, -0.05) is 15.9 Å². The molecule has 1 aromatic carbocycles. The smallest absolute Gasteiger partial charge is 0.150 e. The van der Waals surface area contributed by atoms with Gasteiger partial charge < -0.3 is 9.64 Å². The molecule has 2 heterocycles. The minimum absolute atomic E-state index is 0.715. The van der Waals surface area contributed by atoms with Crippen LogP contribution in [0.15, 0.2) is 40.4 Å². The zero-order valence-electron chi connectivity index (χ0n) is 11.7. The minimum Gasteiger partial charge on any atom is -0.496 e. The monoisotopic (exact) mass is 363 g/mol. The lowest BCUT2D eigenvalue weighted by molar-refractivity contribution is 0.409. The standard InChI is InChI=1S/C15H14BrN3OS/c1-19(8-10-7-11(16)3-4-13(10)20-2)15-14-12(5-6-21-14)17-9-18-15/h3-7,9H,8H2,1-2H3. The number of methoxy groups -OCH3 is 1. The normalized spacial score (nSPS) is 10.8. The molecular formula is C15H14BrN3OS. The summed E-state index contributed by atoms with van der Waals surface area (Å²) in [6.45, 7) is 0.715. The minimum atomic E-state index is 0.715. The quantitative estimate of drug-likeness (QED) is 0.699. The maximum Gasteiger partial charge on any atom is 0.150 e. The summed E-state index contributed by atoms with van der Waals surface area (Å²) >= 11 is 5.17. The second-order valence-electron chi connectivity index (χ2n) is 4.64. The topological polar surface area (TPSA) is 38.2 Å². The Morgan fingerprint density at radius 1 is 1.29 bits per heavy atom. The van der Waals surface area contributed by atoms with E-state index in [9.17, 15) is 0 Å². The molecule has 0 N–H and O–H groups in total.